The molecular weight excluding hydrogens is 915 g/mol. The highest BCUT2D eigenvalue weighted by molar-refractivity contribution is 5.76. The minimum Gasteiger partial charge on any atom is -0.394 e. The van der Waals surface area contributed by atoms with Crippen LogP contribution < -0.4 is 5.32 Å². The van der Waals surface area contributed by atoms with Crippen LogP contribution in [0.5, 0.6) is 0 Å². The number of carbonyl (C=O) groups excluding carboxylic acids is 1. The van der Waals surface area contributed by atoms with Crippen molar-refractivity contribution in [1.82, 2.24) is 5.32 Å². The molecule has 0 spiro atoms. The lowest BCUT2D eigenvalue weighted by Gasteiger charge is -2.19. The number of rotatable bonds is 59. The monoisotopic (exact) mass is 1040 g/mol. The summed E-state index contributed by atoms with van der Waals surface area (Å²) in [6.45, 7) is 4.20. The Morgan fingerprint density at radius 2 is 0.600 bits per heavy atom. The van der Waals surface area contributed by atoms with Gasteiger partial charge in [0.2, 0.25) is 5.91 Å². The third-order valence-electron chi connectivity index (χ3n) is 14.5. The number of amides is 1. The zero-order valence-electron chi connectivity index (χ0n) is 49.8. The first-order valence-electron chi connectivity index (χ1n) is 32.6. The molecule has 0 aromatic heterocycles. The number of aliphatic hydroxyl groups excluding tert-OH is 2. The first-order valence-corrected chi connectivity index (χ1v) is 32.6. The number of hydrogen-bond acceptors (Lipinski definition) is 3. The van der Waals surface area contributed by atoms with Crippen LogP contribution in [0.15, 0.2) is 109 Å². The predicted octanol–water partition coefficient (Wildman–Crippen LogP) is 22.2. The minimum atomic E-state index is -0.880. The van der Waals surface area contributed by atoms with Crippen LogP contribution in [-0.2, 0) is 4.79 Å². The van der Waals surface area contributed by atoms with Gasteiger partial charge in [0.15, 0.2) is 0 Å². The molecule has 1 amide bonds. The molecule has 0 aromatic rings. The normalized spacial score (nSPS) is 13.5. The van der Waals surface area contributed by atoms with Gasteiger partial charge in [-0.15, -0.1) is 0 Å². The van der Waals surface area contributed by atoms with E-state index in [4.69, 9.17) is 0 Å². The fourth-order valence-corrected chi connectivity index (χ4v) is 9.57. The number of carbonyl (C=O) groups is 1. The number of nitrogens with one attached hydrogen (secondary N) is 1. The maximum atomic E-state index is 12.5. The van der Waals surface area contributed by atoms with E-state index >= 15 is 0 Å². The van der Waals surface area contributed by atoms with Gasteiger partial charge in [-0.2, -0.15) is 0 Å². The number of aliphatic hydroxyl groups is 2. The Bertz CT molecular complexity index is 1410. The molecule has 0 aromatic carbocycles. The van der Waals surface area contributed by atoms with Crippen LogP contribution >= 0.6 is 0 Å². The molecule has 0 rings (SSSR count). The summed E-state index contributed by atoms with van der Waals surface area (Å²) in [7, 11) is 0. The predicted molar refractivity (Wildman–Crippen MR) is 336 cm³/mol. The quantitative estimate of drug-likeness (QED) is 0.0420. The Labute approximate surface area is 467 Å². The van der Waals surface area contributed by atoms with Crippen LogP contribution in [0.25, 0.3) is 0 Å². The van der Waals surface area contributed by atoms with Gasteiger partial charge in [-0.05, 0) is 96.3 Å². The van der Waals surface area contributed by atoms with Crippen LogP contribution in [0.3, 0.4) is 0 Å². The van der Waals surface area contributed by atoms with Gasteiger partial charge in [-0.1, -0.05) is 322 Å². The molecule has 4 nitrogen and oxygen atoms in total. The topological polar surface area (TPSA) is 69.6 Å². The molecule has 0 aliphatic heterocycles. The lowest BCUT2D eigenvalue weighted by atomic mass is 10.0. The van der Waals surface area contributed by atoms with E-state index in [2.05, 4.69) is 116 Å². The lowest BCUT2D eigenvalue weighted by Crippen LogP contribution is -2.45. The zero-order valence-corrected chi connectivity index (χ0v) is 49.8. The van der Waals surface area contributed by atoms with Crippen molar-refractivity contribution < 1.29 is 15.0 Å². The second kappa shape index (κ2) is 65.3. The van der Waals surface area contributed by atoms with Crippen molar-refractivity contribution in [2.45, 2.75) is 328 Å². The van der Waals surface area contributed by atoms with Crippen molar-refractivity contribution in [3.63, 3.8) is 0 Å². The average molecular weight is 1040 g/mol. The van der Waals surface area contributed by atoms with Crippen LogP contribution in [0, 0.1) is 0 Å². The molecule has 4 heteroatoms. The third-order valence-corrected chi connectivity index (χ3v) is 14.5. The fraction of sp³-hybridized carbons (Fsp3) is 0.732. The van der Waals surface area contributed by atoms with E-state index in [0.29, 0.717) is 6.42 Å². The molecule has 0 radical (unpaired) electrons. The van der Waals surface area contributed by atoms with E-state index in [1.165, 1.54) is 218 Å². The standard InChI is InChI=1S/C71H125NO3/c1-3-5-7-9-11-13-15-17-19-21-23-25-27-29-31-33-35-37-38-40-42-44-46-48-50-52-54-56-58-60-62-64-66-70(74)69(68-73)72-71(75)67-65-63-61-59-57-55-53-51-49-47-45-43-41-39-36-34-32-30-28-26-24-22-20-18-16-14-12-10-8-6-4-2/h6,8,12,14,18,20,24,26,30,32,36,39,48,50,56,58,64,66,69-70,73-74H,3-5,7,9-11,13,15-17,19,21-23,25,27-29,31,33-35,37-38,40-47,49,51-55,57,59-63,65,67-68H2,1-2H3,(H,72,75)/b8-6-,14-12-,20-18-,26-24-,32-30-,39-36-,50-48+,58-56+,66-64+. The molecule has 75 heavy (non-hydrogen) atoms. The fourth-order valence-electron chi connectivity index (χ4n) is 9.57. The molecule has 0 bridgehead atoms. The Hall–Kier alpha value is -2.95. The molecule has 0 aliphatic rings. The average Bonchev–Trinajstić information content (AvgIpc) is 3.41. The maximum absolute atomic E-state index is 12.5. The van der Waals surface area contributed by atoms with E-state index in [-0.39, 0.29) is 12.5 Å². The molecule has 0 saturated carbocycles. The van der Waals surface area contributed by atoms with E-state index in [9.17, 15) is 15.0 Å². The first-order chi connectivity index (χ1) is 37.2. The molecule has 2 unspecified atom stereocenters. The molecule has 0 heterocycles. The highest BCUT2D eigenvalue weighted by Gasteiger charge is 2.18. The summed E-state index contributed by atoms with van der Waals surface area (Å²) in [5.41, 5.74) is 0. The summed E-state index contributed by atoms with van der Waals surface area (Å²) in [5.74, 6) is -0.0816. The van der Waals surface area contributed by atoms with Crippen LogP contribution in [-0.4, -0.2) is 34.9 Å². The van der Waals surface area contributed by atoms with E-state index < -0.39 is 12.1 Å². The van der Waals surface area contributed by atoms with Gasteiger partial charge in [0.05, 0.1) is 18.8 Å². The van der Waals surface area contributed by atoms with Gasteiger partial charge < -0.3 is 15.5 Å². The maximum Gasteiger partial charge on any atom is 0.220 e. The third kappa shape index (κ3) is 61.8. The van der Waals surface area contributed by atoms with E-state index in [1.807, 2.05) is 6.08 Å². The van der Waals surface area contributed by atoms with Crippen molar-refractivity contribution in [2.75, 3.05) is 6.61 Å². The minimum absolute atomic E-state index is 0.0816. The molecule has 2 atom stereocenters. The van der Waals surface area contributed by atoms with E-state index in [0.717, 1.165) is 77.0 Å². The summed E-state index contributed by atoms with van der Waals surface area (Å²) in [6, 6.07) is -0.655. The number of allylic oxidation sites excluding steroid dienone is 17. The van der Waals surface area contributed by atoms with E-state index in [1.54, 1.807) is 6.08 Å². The lowest BCUT2D eigenvalue weighted by molar-refractivity contribution is -0.123. The Morgan fingerprint density at radius 1 is 0.333 bits per heavy atom. The highest BCUT2D eigenvalue weighted by Crippen LogP contribution is 2.17. The van der Waals surface area contributed by atoms with Crippen molar-refractivity contribution >= 4 is 5.91 Å². The SMILES string of the molecule is CC/C=C\C/C=C\C/C=C\C/C=C\C/C=C\C/C=C\CCCCCCCCCCCCCCC(=O)NC(CO)C(O)/C=C/CC/C=C/CC/C=C/CCCCCCCCCCCCCCCCCCCCCCCC. The highest BCUT2D eigenvalue weighted by atomic mass is 16.3. The summed E-state index contributed by atoms with van der Waals surface area (Å²) in [5, 5.41) is 23.2. The smallest absolute Gasteiger partial charge is 0.220 e. The van der Waals surface area contributed by atoms with Crippen molar-refractivity contribution in [1.29, 1.82) is 0 Å². The van der Waals surface area contributed by atoms with Crippen LogP contribution in [0.4, 0.5) is 0 Å². The zero-order chi connectivity index (χ0) is 54.1. The molecule has 3 N–H and O–H groups in total. The van der Waals surface area contributed by atoms with Gasteiger partial charge in [0.1, 0.15) is 0 Å². The summed E-state index contributed by atoms with van der Waals surface area (Å²) in [6.07, 6.45) is 98.6. The number of hydrogen-bond donors (Lipinski definition) is 3. The Morgan fingerprint density at radius 3 is 0.933 bits per heavy atom. The van der Waals surface area contributed by atoms with Crippen molar-refractivity contribution in [3.05, 3.63) is 109 Å². The second-order valence-electron chi connectivity index (χ2n) is 21.8. The Balaban J connectivity index is 3.56. The summed E-state index contributed by atoms with van der Waals surface area (Å²) < 4.78 is 0. The molecule has 0 fully saturated rings. The van der Waals surface area contributed by atoms with Gasteiger partial charge in [0.25, 0.3) is 0 Å². The van der Waals surface area contributed by atoms with Crippen LogP contribution in [0.1, 0.15) is 316 Å². The van der Waals surface area contributed by atoms with Crippen molar-refractivity contribution in [2.24, 2.45) is 0 Å². The van der Waals surface area contributed by atoms with Gasteiger partial charge in [-0.25, -0.2) is 0 Å². The molecule has 0 saturated heterocycles. The van der Waals surface area contributed by atoms with Gasteiger partial charge >= 0.3 is 0 Å². The first kappa shape index (κ1) is 72.0. The Kier molecular flexibility index (Phi) is 62.8. The molecule has 432 valence electrons. The van der Waals surface area contributed by atoms with Gasteiger partial charge in [0, 0.05) is 6.42 Å². The summed E-state index contributed by atoms with van der Waals surface area (Å²) in [4.78, 5) is 12.5. The second-order valence-corrected chi connectivity index (χ2v) is 21.8. The largest absolute Gasteiger partial charge is 0.394 e. The van der Waals surface area contributed by atoms with Crippen LogP contribution in [0.2, 0.25) is 0 Å². The van der Waals surface area contributed by atoms with Gasteiger partial charge in [-0.3, -0.25) is 4.79 Å². The number of unbranched alkanes of at least 4 members (excludes halogenated alkanes) is 36. The molecular formula is C71H125NO3. The van der Waals surface area contributed by atoms with Crippen molar-refractivity contribution in [3.8, 4) is 0 Å². The summed E-state index contributed by atoms with van der Waals surface area (Å²) >= 11 is 0. The molecule has 0 aliphatic carbocycles.